The first-order valence-electron chi connectivity index (χ1n) is 8.92. The summed E-state index contributed by atoms with van der Waals surface area (Å²) in [6, 6.07) is 12.5. The zero-order valence-electron chi connectivity index (χ0n) is 16.2. The Morgan fingerprint density at radius 1 is 1.14 bits per heavy atom. The molecule has 2 rings (SSSR count). The maximum atomic E-state index is 12.3. The smallest absolute Gasteiger partial charge is 0.306 e. The highest BCUT2D eigenvalue weighted by molar-refractivity contribution is 6.31. The van der Waals surface area contributed by atoms with E-state index in [1.807, 2.05) is 31.2 Å². The number of rotatable bonds is 9. The molecule has 1 amide bonds. The highest BCUT2D eigenvalue weighted by atomic mass is 35.5. The topological polar surface area (TPSA) is 73.9 Å². The van der Waals surface area contributed by atoms with Crippen LogP contribution in [0.4, 0.5) is 5.69 Å². The molecule has 0 bridgehead atoms. The largest absolute Gasteiger partial charge is 0.495 e. The van der Waals surface area contributed by atoms with Crippen LogP contribution >= 0.6 is 11.6 Å². The summed E-state index contributed by atoms with van der Waals surface area (Å²) in [6.45, 7) is 3.89. The number of nitrogens with one attached hydrogen (secondary N) is 1. The van der Waals surface area contributed by atoms with Gasteiger partial charge in [0, 0.05) is 11.4 Å². The van der Waals surface area contributed by atoms with Crippen LogP contribution in [0.1, 0.15) is 25.3 Å². The summed E-state index contributed by atoms with van der Waals surface area (Å²) >= 11 is 5.94. The van der Waals surface area contributed by atoms with Crippen LogP contribution in [0.15, 0.2) is 42.5 Å². The third-order valence-corrected chi connectivity index (χ3v) is 4.15. The number of hydrogen-bond acceptors (Lipinski definition) is 5. The molecule has 0 spiro atoms. The van der Waals surface area contributed by atoms with Crippen molar-refractivity contribution in [1.82, 2.24) is 0 Å². The van der Waals surface area contributed by atoms with Crippen molar-refractivity contribution in [2.24, 2.45) is 0 Å². The van der Waals surface area contributed by atoms with Gasteiger partial charge in [0.05, 0.1) is 19.4 Å². The zero-order valence-corrected chi connectivity index (χ0v) is 16.9. The predicted molar refractivity (Wildman–Crippen MR) is 108 cm³/mol. The van der Waals surface area contributed by atoms with Gasteiger partial charge in [0.1, 0.15) is 11.5 Å². The van der Waals surface area contributed by atoms with Crippen LogP contribution in [0.25, 0.3) is 0 Å². The molecule has 0 aliphatic heterocycles. The van der Waals surface area contributed by atoms with Crippen LogP contribution in [0.2, 0.25) is 5.02 Å². The van der Waals surface area contributed by atoms with Crippen LogP contribution < -0.4 is 14.8 Å². The molecule has 1 N–H and O–H groups in total. The quantitative estimate of drug-likeness (QED) is 0.494. The normalized spacial score (nSPS) is 11.4. The van der Waals surface area contributed by atoms with Gasteiger partial charge >= 0.3 is 5.97 Å². The highest BCUT2D eigenvalue weighted by Gasteiger charge is 2.19. The van der Waals surface area contributed by atoms with E-state index in [1.54, 1.807) is 18.2 Å². The molecule has 6 nitrogen and oxygen atoms in total. The minimum Gasteiger partial charge on any atom is -0.495 e. The van der Waals surface area contributed by atoms with E-state index in [2.05, 4.69) is 5.32 Å². The van der Waals surface area contributed by atoms with Gasteiger partial charge in [0.2, 0.25) is 0 Å². The number of anilines is 1. The van der Waals surface area contributed by atoms with Gasteiger partial charge in [-0.05, 0) is 50.6 Å². The Labute approximate surface area is 169 Å². The number of halogens is 1. The number of carbonyl (C=O) groups is 2. The van der Waals surface area contributed by atoms with Gasteiger partial charge in [-0.2, -0.15) is 0 Å². The number of esters is 1. The average Bonchev–Trinajstić information content (AvgIpc) is 2.66. The van der Waals surface area contributed by atoms with Gasteiger partial charge in [-0.3, -0.25) is 9.59 Å². The lowest BCUT2D eigenvalue weighted by Gasteiger charge is -2.15. The van der Waals surface area contributed by atoms with Gasteiger partial charge in [-0.1, -0.05) is 29.3 Å². The molecule has 1 atom stereocenters. The molecule has 2 aromatic rings. The molecular formula is C21H24ClNO5. The van der Waals surface area contributed by atoms with Crippen molar-refractivity contribution in [2.45, 2.75) is 32.8 Å². The second-order valence-electron chi connectivity index (χ2n) is 6.23. The second kappa shape index (κ2) is 10.6. The number of carbonyl (C=O) groups excluding carboxylic acids is 2. The number of methoxy groups -OCH3 is 1. The molecule has 150 valence electrons. The lowest BCUT2D eigenvalue weighted by atomic mass is 10.2. The lowest BCUT2D eigenvalue weighted by molar-refractivity contribution is -0.153. The Balaban J connectivity index is 1.74. The van der Waals surface area contributed by atoms with Crippen molar-refractivity contribution in [3.8, 4) is 11.5 Å². The Hall–Kier alpha value is -2.73. The van der Waals surface area contributed by atoms with E-state index in [1.165, 1.54) is 14.0 Å². The van der Waals surface area contributed by atoms with Gasteiger partial charge in [0.25, 0.3) is 5.91 Å². The molecule has 0 saturated heterocycles. The van der Waals surface area contributed by atoms with E-state index in [0.29, 0.717) is 29.5 Å². The molecule has 0 saturated carbocycles. The molecule has 7 heteroatoms. The summed E-state index contributed by atoms with van der Waals surface area (Å²) in [5.74, 6) is 0.282. The summed E-state index contributed by atoms with van der Waals surface area (Å²) in [5, 5.41) is 3.10. The summed E-state index contributed by atoms with van der Waals surface area (Å²) in [5.41, 5.74) is 1.56. The fourth-order valence-electron chi connectivity index (χ4n) is 2.36. The van der Waals surface area contributed by atoms with E-state index in [9.17, 15) is 9.59 Å². The number of amides is 1. The number of aryl methyl sites for hydroxylation is 1. The van der Waals surface area contributed by atoms with Gasteiger partial charge < -0.3 is 19.5 Å². The monoisotopic (exact) mass is 405 g/mol. The summed E-state index contributed by atoms with van der Waals surface area (Å²) < 4.78 is 15.9. The third kappa shape index (κ3) is 6.78. The highest BCUT2D eigenvalue weighted by Crippen LogP contribution is 2.27. The zero-order chi connectivity index (χ0) is 20.5. The molecule has 28 heavy (non-hydrogen) atoms. The average molecular weight is 406 g/mol. The first kappa shape index (κ1) is 21.6. The van der Waals surface area contributed by atoms with Gasteiger partial charge in [0.15, 0.2) is 6.10 Å². The number of ether oxygens (including phenoxy) is 3. The van der Waals surface area contributed by atoms with E-state index < -0.39 is 18.0 Å². The van der Waals surface area contributed by atoms with Crippen LogP contribution in [0.5, 0.6) is 11.5 Å². The first-order chi connectivity index (χ1) is 13.4. The maximum absolute atomic E-state index is 12.3. The van der Waals surface area contributed by atoms with Crippen molar-refractivity contribution in [3.05, 3.63) is 53.1 Å². The Bertz CT molecular complexity index is 807. The van der Waals surface area contributed by atoms with Crippen LogP contribution in [-0.4, -0.2) is 31.7 Å². The van der Waals surface area contributed by atoms with Crippen LogP contribution in [-0.2, 0) is 14.3 Å². The van der Waals surface area contributed by atoms with Crippen molar-refractivity contribution in [3.63, 3.8) is 0 Å². The maximum Gasteiger partial charge on any atom is 0.306 e. The van der Waals surface area contributed by atoms with E-state index in [-0.39, 0.29) is 6.42 Å². The van der Waals surface area contributed by atoms with Crippen molar-refractivity contribution in [2.75, 3.05) is 19.0 Å². The van der Waals surface area contributed by atoms with Crippen molar-refractivity contribution >= 4 is 29.2 Å². The Kier molecular flexibility index (Phi) is 8.14. The minimum absolute atomic E-state index is 0.157. The van der Waals surface area contributed by atoms with Crippen molar-refractivity contribution < 1.29 is 23.8 Å². The number of benzene rings is 2. The molecule has 0 unspecified atom stereocenters. The molecular weight excluding hydrogens is 382 g/mol. The lowest BCUT2D eigenvalue weighted by Crippen LogP contribution is -2.30. The molecule has 0 aliphatic carbocycles. The fourth-order valence-corrected chi connectivity index (χ4v) is 2.53. The number of hydrogen-bond donors (Lipinski definition) is 1. The van der Waals surface area contributed by atoms with Crippen molar-refractivity contribution in [1.29, 1.82) is 0 Å². The van der Waals surface area contributed by atoms with Crippen LogP contribution in [0, 0.1) is 6.92 Å². The van der Waals surface area contributed by atoms with E-state index in [4.69, 9.17) is 25.8 Å². The summed E-state index contributed by atoms with van der Waals surface area (Å²) in [4.78, 5) is 24.2. The van der Waals surface area contributed by atoms with Gasteiger partial charge in [-0.25, -0.2) is 0 Å². The van der Waals surface area contributed by atoms with E-state index >= 15 is 0 Å². The third-order valence-electron chi connectivity index (χ3n) is 3.91. The molecule has 0 aromatic heterocycles. The molecule has 0 heterocycles. The summed E-state index contributed by atoms with van der Waals surface area (Å²) in [6.07, 6.45) is -0.304. The second-order valence-corrected chi connectivity index (χ2v) is 6.67. The standard InChI is InChI=1S/C21H24ClNO5/c1-14-6-9-17(10-7-14)27-12-4-5-20(24)28-15(2)21(25)23-18-13-16(22)8-11-19(18)26-3/h6-11,13,15H,4-5,12H2,1-3H3,(H,23,25)/t15-/m1/s1. The van der Waals surface area contributed by atoms with Crippen LogP contribution in [0.3, 0.4) is 0 Å². The first-order valence-corrected chi connectivity index (χ1v) is 9.30. The molecule has 0 aliphatic rings. The SMILES string of the molecule is COc1ccc(Cl)cc1NC(=O)[C@@H](C)OC(=O)CCCOc1ccc(C)cc1. The molecule has 2 aromatic carbocycles. The molecule has 0 radical (unpaired) electrons. The summed E-state index contributed by atoms with van der Waals surface area (Å²) in [7, 11) is 1.49. The Morgan fingerprint density at radius 2 is 1.86 bits per heavy atom. The van der Waals surface area contributed by atoms with Gasteiger partial charge in [-0.15, -0.1) is 0 Å². The minimum atomic E-state index is -0.950. The predicted octanol–water partition coefficient (Wildman–Crippen LogP) is 4.39. The fraction of sp³-hybridized carbons (Fsp3) is 0.333. The van der Waals surface area contributed by atoms with E-state index in [0.717, 1.165) is 11.3 Å². The molecule has 0 fully saturated rings. The Morgan fingerprint density at radius 3 is 2.54 bits per heavy atom.